The van der Waals surface area contributed by atoms with Crippen molar-refractivity contribution >= 4 is 10.0 Å². The van der Waals surface area contributed by atoms with E-state index in [-0.39, 0.29) is 17.5 Å². The molecule has 1 saturated carbocycles. The van der Waals surface area contributed by atoms with Gasteiger partial charge in [-0.25, -0.2) is 8.42 Å². The third-order valence-corrected chi connectivity index (χ3v) is 7.07. The molecule has 1 atom stereocenters. The van der Waals surface area contributed by atoms with Gasteiger partial charge in [-0.3, -0.25) is 4.68 Å². The molecule has 6 nitrogen and oxygen atoms in total. The highest BCUT2D eigenvalue weighted by Crippen LogP contribution is 2.44. The van der Waals surface area contributed by atoms with Gasteiger partial charge in [0.15, 0.2) is 0 Å². The molecular formula is C16H27N3O3S. The van der Waals surface area contributed by atoms with Gasteiger partial charge in [0.1, 0.15) is 0 Å². The number of hydrogen-bond acceptors (Lipinski definition) is 4. The lowest BCUT2D eigenvalue weighted by Gasteiger charge is -2.47. The first kappa shape index (κ1) is 16.9. The van der Waals surface area contributed by atoms with E-state index in [1.54, 1.807) is 10.9 Å². The normalized spacial score (nSPS) is 24.0. The fourth-order valence-corrected chi connectivity index (χ4v) is 5.34. The molecule has 0 N–H and O–H groups in total. The van der Waals surface area contributed by atoms with Crippen LogP contribution in [-0.2, 0) is 28.4 Å². The predicted molar refractivity (Wildman–Crippen MR) is 88.4 cm³/mol. The second kappa shape index (κ2) is 6.53. The van der Waals surface area contributed by atoms with E-state index < -0.39 is 10.0 Å². The zero-order valence-corrected chi connectivity index (χ0v) is 14.9. The molecule has 3 rings (SSSR count). The number of rotatable bonds is 6. The van der Waals surface area contributed by atoms with Crippen molar-refractivity contribution in [2.24, 2.45) is 7.05 Å². The van der Waals surface area contributed by atoms with Crippen LogP contribution in [0.4, 0.5) is 0 Å². The number of aromatic nitrogens is 2. The molecule has 0 aromatic carbocycles. The quantitative estimate of drug-likeness (QED) is 0.794. The van der Waals surface area contributed by atoms with Crippen molar-refractivity contribution in [3.8, 4) is 0 Å². The lowest BCUT2D eigenvalue weighted by Crippen LogP contribution is -2.49. The predicted octanol–water partition coefficient (Wildman–Crippen LogP) is 2.06. The summed E-state index contributed by atoms with van der Waals surface area (Å²) in [7, 11) is -1.49. The average Bonchev–Trinajstić information content (AvgIpc) is 2.88. The van der Waals surface area contributed by atoms with Gasteiger partial charge in [0.05, 0.1) is 23.7 Å². The Hall–Kier alpha value is -0.920. The first-order chi connectivity index (χ1) is 10.9. The smallest absolute Gasteiger partial charge is 0.216 e. The summed E-state index contributed by atoms with van der Waals surface area (Å²) in [5, 5.41) is 4.11. The first-order valence-corrected chi connectivity index (χ1v) is 10.2. The molecule has 1 aliphatic carbocycles. The molecule has 1 unspecified atom stereocenters. The number of ether oxygens (including phenoxy) is 1. The van der Waals surface area contributed by atoms with Gasteiger partial charge in [0, 0.05) is 31.9 Å². The van der Waals surface area contributed by atoms with Gasteiger partial charge in [0.25, 0.3) is 0 Å². The molecule has 130 valence electrons. The third-order valence-electron chi connectivity index (χ3n) is 5.10. The van der Waals surface area contributed by atoms with Crippen LogP contribution in [0.25, 0.3) is 0 Å². The maximum absolute atomic E-state index is 12.8. The van der Waals surface area contributed by atoms with Crippen molar-refractivity contribution in [3.63, 3.8) is 0 Å². The minimum Gasteiger partial charge on any atom is -0.371 e. The van der Waals surface area contributed by atoms with E-state index in [1.165, 1.54) is 10.7 Å². The molecule has 0 amide bonds. The van der Waals surface area contributed by atoms with Crippen molar-refractivity contribution in [1.29, 1.82) is 0 Å². The molecule has 0 radical (unpaired) electrons. The standard InChI is InChI=1S/C16H27N3O3S/c1-3-19(12-14-10-17-18(2)11-14)23(20,21)13-15-6-4-7-16(22-15)8-5-9-16/h10-11,15H,3-9,12-13H2,1-2H3. The van der Waals surface area contributed by atoms with E-state index in [9.17, 15) is 8.42 Å². The van der Waals surface area contributed by atoms with Gasteiger partial charge >= 0.3 is 0 Å². The molecule has 0 bridgehead atoms. The molecule has 2 fully saturated rings. The number of aryl methyl sites for hydroxylation is 1. The second-order valence-electron chi connectivity index (χ2n) is 6.90. The van der Waals surface area contributed by atoms with E-state index in [1.807, 2.05) is 20.2 Å². The molecule has 1 aliphatic heterocycles. The van der Waals surface area contributed by atoms with Crippen molar-refractivity contribution in [2.45, 2.75) is 63.7 Å². The Morgan fingerprint density at radius 3 is 2.70 bits per heavy atom. The average molecular weight is 341 g/mol. The summed E-state index contributed by atoms with van der Waals surface area (Å²) < 4.78 is 35.0. The Bertz CT molecular complexity index is 637. The van der Waals surface area contributed by atoms with Crippen LogP contribution in [0.2, 0.25) is 0 Å². The summed E-state index contributed by atoms with van der Waals surface area (Å²) in [4.78, 5) is 0. The Kier molecular flexibility index (Phi) is 4.80. The lowest BCUT2D eigenvalue weighted by molar-refractivity contribution is -0.161. The highest BCUT2D eigenvalue weighted by atomic mass is 32.2. The summed E-state index contributed by atoms with van der Waals surface area (Å²) in [6, 6.07) is 0. The van der Waals surface area contributed by atoms with Crippen LogP contribution >= 0.6 is 0 Å². The fourth-order valence-electron chi connectivity index (χ4n) is 3.68. The molecule has 23 heavy (non-hydrogen) atoms. The van der Waals surface area contributed by atoms with Crippen LogP contribution < -0.4 is 0 Å². The van der Waals surface area contributed by atoms with Gasteiger partial charge in [0.2, 0.25) is 10.0 Å². The maximum atomic E-state index is 12.8. The summed E-state index contributed by atoms with van der Waals surface area (Å²) in [5.41, 5.74) is 0.914. The third kappa shape index (κ3) is 3.78. The van der Waals surface area contributed by atoms with Crippen LogP contribution in [-0.4, -0.2) is 46.5 Å². The number of nitrogens with zero attached hydrogens (tertiary/aromatic N) is 3. The van der Waals surface area contributed by atoms with Crippen LogP contribution in [0.5, 0.6) is 0 Å². The molecule has 7 heteroatoms. The number of sulfonamides is 1. The van der Waals surface area contributed by atoms with Gasteiger partial charge < -0.3 is 4.74 Å². The number of hydrogen-bond donors (Lipinski definition) is 0. The van der Waals surface area contributed by atoms with E-state index in [4.69, 9.17) is 4.74 Å². The largest absolute Gasteiger partial charge is 0.371 e. The van der Waals surface area contributed by atoms with Crippen LogP contribution in [0.1, 0.15) is 51.0 Å². The van der Waals surface area contributed by atoms with E-state index in [0.29, 0.717) is 13.1 Å². The van der Waals surface area contributed by atoms with Crippen molar-refractivity contribution in [3.05, 3.63) is 18.0 Å². The van der Waals surface area contributed by atoms with Gasteiger partial charge in [-0.2, -0.15) is 9.40 Å². The van der Waals surface area contributed by atoms with E-state index in [2.05, 4.69) is 5.10 Å². The minimum absolute atomic E-state index is 0.00116. The van der Waals surface area contributed by atoms with Crippen LogP contribution in [0.3, 0.4) is 0 Å². The monoisotopic (exact) mass is 341 g/mol. The zero-order valence-electron chi connectivity index (χ0n) is 14.1. The Morgan fingerprint density at radius 1 is 1.39 bits per heavy atom. The Labute approximate surface area is 138 Å². The molecule has 1 aromatic heterocycles. The topological polar surface area (TPSA) is 64.4 Å². The Balaban J connectivity index is 1.64. The van der Waals surface area contributed by atoms with Crippen LogP contribution in [0.15, 0.2) is 12.4 Å². The van der Waals surface area contributed by atoms with Crippen molar-refractivity contribution in [2.75, 3.05) is 12.3 Å². The molecule has 1 saturated heterocycles. The van der Waals surface area contributed by atoms with Gasteiger partial charge in [-0.05, 0) is 38.5 Å². The van der Waals surface area contributed by atoms with Gasteiger partial charge in [-0.15, -0.1) is 0 Å². The fraction of sp³-hybridized carbons (Fsp3) is 0.812. The Morgan fingerprint density at radius 2 is 2.13 bits per heavy atom. The summed E-state index contributed by atoms with van der Waals surface area (Å²) in [5.74, 6) is 0.100. The molecule has 2 heterocycles. The van der Waals surface area contributed by atoms with Crippen molar-refractivity contribution in [1.82, 2.24) is 14.1 Å². The SMILES string of the molecule is CCN(Cc1cnn(C)c1)S(=O)(=O)CC1CCCC2(CCC2)O1. The van der Waals surface area contributed by atoms with Gasteiger partial charge in [-0.1, -0.05) is 6.92 Å². The first-order valence-electron chi connectivity index (χ1n) is 8.56. The maximum Gasteiger partial charge on any atom is 0.216 e. The lowest BCUT2D eigenvalue weighted by atomic mass is 9.74. The molecule has 2 aliphatic rings. The molecular weight excluding hydrogens is 314 g/mol. The summed E-state index contributed by atoms with van der Waals surface area (Å²) in [6.07, 6.45) is 9.85. The zero-order chi connectivity index (χ0) is 16.5. The van der Waals surface area contributed by atoms with E-state index in [0.717, 1.165) is 37.7 Å². The highest BCUT2D eigenvalue weighted by molar-refractivity contribution is 7.89. The van der Waals surface area contributed by atoms with Crippen LogP contribution in [0, 0.1) is 0 Å². The van der Waals surface area contributed by atoms with Crippen molar-refractivity contribution < 1.29 is 13.2 Å². The minimum atomic E-state index is -3.32. The summed E-state index contributed by atoms with van der Waals surface area (Å²) >= 11 is 0. The highest BCUT2D eigenvalue weighted by Gasteiger charge is 2.43. The summed E-state index contributed by atoms with van der Waals surface area (Å²) in [6.45, 7) is 2.72. The molecule has 1 aromatic rings. The molecule has 1 spiro atoms. The van der Waals surface area contributed by atoms with E-state index >= 15 is 0 Å². The second-order valence-corrected chi connectivity index (χ2v) is 8.91.